The largest absolute Gasteiger partial charge is 0.308 e. The fourth-order valence-corrected chi connectivity index (χ4v) is 12.9. The third-order valence-electron chi connectivity index (χ3n) is 13.6. The van der Waals surface area contributed by atoms with E-state index in [1.807, 2.05) is 6.07 Å². The van der Waals surface area contributed by atoms with E-state index < -0.39 is 0 Å². The van der Waals surface area contributed by atoms with E-state index in [9.17, 15) is 0 Å². The number of fused-ring (bicyclic) bond motifs is 9. The Labute approximate surface area is 416 Å². The van der Waals surface area contributed by atoms with Crippen LogP contribution in [0.15, 0.2) is 229 Å². The summed E-state index contributed by atoms with van der Waals surface area (Å²) < 4.78 is 7.38. The Morgan fingerprint density at radius 3 is 1.34 bits per heavy atom. The molecule has 4 nitrogen and oxygen atoms in total. The van der Waals surface area contributed by atoms with Gasteiger partial charge in [0.05, 0.1) is 16.7 Å². The van der Waals surface area contributed by atoms with Crippen LogP contribution in [0.25, 0.3) is 135 Å². The summed E-state index contributed by atoms with van der Waals surface area (Å²) >= 11 is 8.47. The average Bonchev–Trinajstić information content (AvgIpc) is 4.10. The van der Waals surface area contributed by atoms with Gasteiger partial charge < -0.3 is 4.57 Å². The van der Waals surface area contributed by atoms with Crippen LogP contribution in [0, 0.1) is 0 Å². The van der Waals surface area contributed by atoms with Crippen LogP contribution >= 0.6 is 35.3 Å². The van der Waals surface area contributed by atoms with Gasteiger partial charge in [0, 0.05) is 83.8 Å². The highest BCUT2D eigenvalue weighted by atomic mass is 32.1. The highest BCUT2D eigenvalue weighted by molar-refractivity contribution is 7.80. The summed E-state index contributed by atoms with van der Waals surface area (Å²) in [5, 5.41) is 7.34. The molecule has 4 aromatic heterocycles. The Morgan fingerprint density at radius 1 is 0.300 bits per heavy atom. The fraction of sp³-hybridized carbons (Fsp3) is 0. The van der Waals surface area contributed by atoms with Gasteiger partial charge in [-0.1, -0.05) is 164 Å². The molecule has 0 fully saturated rings. The van der Waals surface area contributed by atoms with Crippen molar-refractivity contribution in [3.8, 4) is 73.2 Å². The number of nitrogens with zero attached hydrogens (tertiary/aromatic N) is 4. The van der Waals surface area contributed by atoms with Crippen molar-refractivity contribution in [2.24, 2.45) is 0 Å². The first-order valence-electron chi connectivity index (χ1n) is 23.3. The zero-order chi connectivity index (χ0) is 46.3. The summed E-state index contributed by atoms with van der Waals surface area (Å²) in [7, 11) is 0. The second-order valence-electron chi connectivity index (χ2n) is 17.7. The van der Waals surface area contributed by atoms with Crippen molar-refractivity contribution in [2.75, 3.05) is 0 Å². The summed E-state index contributed by atoms with van der Waals surface area (Å²) in [6, 6.07) is 80.4. The Balaban J connectivity index is 1.04. The molecule has 0 aliphatic rings. The molecule has 0 saturated carbocycles. The maximum atomic E-state index is 5.44. The quantitative estimate of drug-likeness (QED) is 0.162. The van der Waals surface area contributed by atoms with Gasteiger partial charge in [0.25, 0.3) is 0 Å². The first-order chi connectivity index (χ1) is 34.6. The van der Waals surface area contributed by atoms with Gasteiger partial charge in [0.15, 0.2) is 17.5 Å². The third-order valence-corrected chi connectivity index (χ3v) is 16.2. The second-order valence-corrected chi connectivity index (χ2v) is 20.3. The molecule has 14 aromatic rings. The molecule has 70 heavy (non-hydrogen) atoms. The molecule has 4 heterocycles. The zero-order valence-electron chi connectivity index (χ0n) is 37.4. The van der Waals surface area contributed by atoms with Crippen LogP contribution in [-0.2, 0) is 0 Å². The van der Waals surface area contributed by atoms with Crippen molar-refractivity contribution < 1.29 is 0 Å². The number of hydrogen-bond acceptors (Lipinski definition) is 6. The standard InChI is InChI=1S/C63H38N4S3/c68-55-24-12-8-19-44(55)40-29-32-54-52(33-40)45-20-7-11-23-53(45)67(54)60-50(38-15-3-1-4-16-38)34-43(35-51(60)39-17-5-2-6-18-39)63-65-61(41-27-30-48-46-21-9-13-25-56(46)69-58(48)36-41)64-62(66-63)42-28-31-49-47-22-10-14-26-57(47)70-59(49)37-42/h1-37,68H. The number of thiophene rings is 2. The smallest absolute Gasteiger partial charge is 0.164 e. The van der Waals surface area contributed by atoms with E-state index in [-0.39, 0.29) is 0 Å². The van der Waals surface area contributed by atoms with Crippen molar-refractivity contribution in [1.82, 2.24) is 19.5 Å². The van der Waals surface area contributed by atoms with E-state index in [0.717, 1.165) is 71.7 Å². The number of thiol groups is 1. The highest BCUT2D eigenvalue weighted by Gasteiger charge is 2.24. The highest BCUT2D eigenvalue weighted by Crippen LogP contribution is 2.45. The van der Waals surface area contributed by atoms with E-state index in [0.29, 0.717) is 17.5 Å². The molecule has 7 heteroatoms. The lowest BCUT2D eigenvalue weighted by Gasteiger charge is -2.21. The van der Waals surface area contributed by atoms with Gasteiger partial charge in [-0.3, -0.25) is 0 Å². The molecular formula is C63H38N4S3. The van der Waals surface area contributed by atoms with Crippen molar-refractivity contribution in [2.45, 2.75) is 4.90 Å². The summed E-state index contributed by atoms with van der Waals surface area (Å²) in [5.74, 6) is 1.86. The number of para-hydroxylation sites is 1. The Hall–Kier alpha value is -8.20. The van der Waals surface area contributed by atoms with Crippen molar-refractivity contribution >= 4 is 97.5 Å². The predicted molar refractivity (Wildman–Crippen MR) is 300 cm³/mol. The Morgan fingerprint density at radius 2 is 0.757 bits per heavy atom. The van der Waals surface area contributed by atoms with Crippen LogP contribution in [0.1, 0.15) is 0 Å². The lowest BCUT2D eigenvalue weighted by molar-refractivity contribution is 1.07. The summed E-state index contributed by atoms with van der Waals surface area (Å²) in [4.78, 5) is 17.1. The molecule has 0 aliphatic carbocycles. The molecule has 0 aliphatic heterocycles. The van der Waals surface area contributed by atoms with E-state index in [4.69, 9.17) is 27.6 Å². The molecule has 328 valence electrons. The first-order valence-corrected chi connectivity index (χ1v) is 25.4. The summed E-state index contributed by atoms with van der Waals surface area (Å²) in [6.45, 7) is 0. The normalized spacial score (nSPS) is 11.8. The van der Waals surface area contributed by atoms with Crippen molar-refractivity contribution in [3.63, 3.8) is 0 Å². The van der Waals surface area contributed by atoms with E-state index in [1.54, 1.807) is 22.7 Å². The third kappa shape index (κ3) is 6.77. The monoisotopic (exact) mass is 946 g/mol. The van der Waals surface area contributed by atoms with Crippen LogP contribution in [0.5, 0.6) is 0 Å². The lowest BCUT2D eigenvalue weighted by atomic mass is 9.92. The number of aromatic nitrogens is 4. The van der Waals surface area contributed by atoms with Crippen LogP contribution in [0.4, 0.5) is 0 Å². The predicted octanol–water partition coefficient (Wildman–Crippen LogP) is 18.0. The lowest BCUT2D eigenvalue weighted by Crippen LogP contribution is -2.04. The first kappa shape index (κ1) is 40.8. The van der Waals surface area contributed by atoms with E-state index in [2.05, 4.69) is 223 Å². The molecule has 0 saturated heterocycles. The molecule has 0 N–H and O–H groups in total. The van der Waals surface area contributed by atoms with Gasteiger partial charge in [-0.2, -0.15) is 0 Å². The minimum Gasteiger partial charge on any atom is -0.308 e. The van der Waals surface area contributed by atoms with Crippen LogP contribution in [0.3, 0.4) is 0 Å². The summed E-state index contributed by atoms with van der Waals surface area (Å²) in [5.41, 5.74) is 12.6. The maximum absolute atomic E-state index is 5.44. The second kappa shape index (κ2) is 16.5. The van der Waals surface area contributed by atoms with Crippen LogP contribution < -0.4 is 0 Å². The number of rotatable bonds is 7. The van der Waals surface area contributed by atoms with E-state index in [1.165, 1.54) is 51.1 Å². The van der Waals surface area contributed by atoms with Gasteiger partial charge >= 0.3 is 0 Å². The molecule has 0 bridgehead atoms. The topological polar surface area (TPSA) is 43.6 Å². The Bertz CT molecular complexity index is 4190. The van der Waals surface area contributed by atoms with Crippen molar-refractivity contribution in [3.05, 3.63) is 224 Å². The molecule has 0 amide bonds. The minimum atomic E-state index is 0.603. The van der Waals surface area contributed by atoms with Crippen LogP contribution in [0.2, 0.25) is 0 Å². The molecule has 0 unspecified atom stereocenters. The van der Waals surface area contributed by atoms with Gasteiger partial charge in [-0.05, 0) is 82.9 Å². The number of hydrogen-bond donors (Lipinski definition) is 1. The fourth-order valence-electron chi connectivity index (χ4n) is 10.3. The molecule has 0 spiro atoms. The molecule has 14 rings (SSSR count). The molecule has 10 aromatic carbocycles. The van der Waals surface area contributed by atoms with Gasteiger partial charge in [0.2, 0.25) is 0 Å². The summed E-state index contributed by atoms with van der Waals surface area (Å²) in [6.07, 6.45) is 0. The van der Waals surface area contributed by atoms with Gasteiger partial charge in [-0.25, -0.2) is 15.0 Å². The van der Waals surface area contributed by atoms with Gasteiger partial charge in [-0.15, -0.1) is 35.3 Å². The Kier molecular flexibility index (Phi) is 9.62. The SMILES string of the molecule is Sc1ccccc1-c1ccc2c(c1)c1ccccc1n2-c1c(-c2ccccc2)cc(-c2nc(-c3ccc4c(c3)sc3ccccc34)nc(-c3ccc4c(c3)sc3ccccc34)n2)cc1-c1ccccc1. The minimum absolute atomic E-state index is 0.603. The van der Waals surface area contributed by atoms with E-state index >= 15 is 0 Å². The maximum Gasteiger partial charge on any atom is 0.164 e. The molecule has 0 radical (unpaired) electrons. The zero-order valence-corrected chi connectivity index (χ0v) is 39.9. The van der Waals surface area contributed by atoms with Gasteiger partial charge in [0.1, 0.15) is 0 Å². The number of benzene rings is 10. The average molecular weight is 947 g/mol. The molecule has 0 atom stereocenters. The molecular weight excluding hydrogens is 909 g/mol. The van der Waals surface area contributed by atoms with Crippen molar-refractivity contribution in [1.29, 1.82) is 0 Å². The van der Waals surface area contributed by atoms with Crippen LogP contribution in [-0.4, -0.2) is 19.5 Å².